The fourth-order valence-corrected chi connectivity index (χ4v) is 3.52. The van der Waals surface area contributed by atoms with Crippen molar-refractivity contribution >= 4 is 29.2 Å². The molecular weight excluding hydrogens is 228 g/mol. The SMILES string of the molecule is CCC[CH2][Zn][CH2]C.NC(=S)S. The number of hydrogen-bond acceptors (Lipinski definition) is 1. The van der Waals surface area contributed by atoms with Crippen LogP contribution in [-0.4, -0.2) is 4.32 Å². The van der Waals surface area contributed by atoms with Crippen LogP contribution in [0.25, 0.3) is 0 Å². The Hall–Kier alpha value is 0.863. The maximum Gasteiger partial charge on any atom is 0.128 e. The molecule has 0 bridgehead atoms. The summed E-state index contributed by atoms with van der Waals surface area (Å²) in [7, 11) is 0. The van der Waals surface area contributed by atoms with Crippen molar-refractivity contribution in [3.05, 3.63) is 0 Å². The van der Waals surface area contributed by atoms with Gasteiger partial charge in [-0.3, -0.25) is 0 Å². The van der Waals surface area contributed by atoms with Gasteiger partial charge in [-0.05, 0) is 0 Å². The van der Waals surface area contributed by atoms with Crippen LogP contribution in [0.2, 0.25) is 10.0 Å². The van der Waals surface area contributed by atoms with E-state index in [2.05, 4.69) is 38.7 Å². The van der Waals surface area contributed by atoms with Gasteiger partial charge < -0.3 is 5.73 Å². The summed E-state index contributed by atoms with van der Waals surface area (Å²) >= 11 is 7.71. The van der Waals surface area contributed by atoms with E-state index in [0.29, 0.717) is 0 Å². The summed E-state index contributed by atoms with van der Waals surface area (Å²) in [5, 5.41) is 3.17. The summed E-state index contributed by atoms with van der Waals surface area (Å²) in [5.74, 6) is 0. The minimum absolute atomic E-state index is 0.0559. The van der Waals surface area contributed by atoms with Crippen LogP contribution < -0.4 is 5.73 Å². The maximum absolute atomic E-state index is 4.71. The van der Waals surface area contributed by atoms with Gasteiger partial charge in [0.2, 0.25) is 0 Å². The molecule has 0 aromatic carbocycles. The van der Waals surface area contributed by atoms with Crippen molar-refractivity contribution < 1.29 is 17.1 Å². The molecule has 4 heteroatoms. The Labute approximate surface area is 88.5 Å². The van der Waals surface area contributed by atoms with E-state index in [0.717, 1.165) is 0 Å². The molecule has 0 unspecified atom stereocenters. The van der Waals surface area contributed by atoms with Crippen LogP contribution in [0.5, 0.6) is 0 Å². The van der Waals surface area contributed by atoms with Gasteiger partial charge in [-0.15, -0.1) is 12.6 Å². The number of hydrogen-bond donors (Lipinski definition) is 2. The fraction of sp³-hybridized carbons (Fsp3) is 0.857. The molecular formula is C7H17NS2Zn. The summed E-state index contributed by atoms with van der Waals surface area (Å²) in [6, 6.07) is 0. The molecule has 0 heterocycles. The first-order chi connectivity index (χ1) is 5.15. The summed E-state index contributed by atoms with van der Waals surface area (Å²) in [5.41, 5.74) is 4.71. The first kappa shape index (κ1) is 14.4. The molecule has 0 atom stereocenters. The van der Waals surface area contributed by atoms with E-state index in [1.807, 2.05) is 0 Å². The zero-order valence-electron chi connectivity index (χ0n) is 7.47. The predicted molar refractivity (Wildman–Crippen MR) is 56.0 cm³/mol. The van der Waals surface area contributed by atoms with Crippen LogP contribution in [-0.2, 0) is 17.1 Å². The van der Waals surface area contributed by atoms with Gasteiger partial charge in [0, 0.05) is 0 Å². The number of rotatable bonds is 4. The number of thiol groups is 1. The first-order valence-electron chi connectivity index (χ1n) is 4.13. The van der Waals surface area contributed by atoms with E-state index >= 15 is 0 Å². The molecule has 0 saturated carbocycles. The van der Waals surface area contributed by atoms with Gasteiger partial charge in [0.1, 0.15) is 4.32 Å². The van der Waals surface area contributed by atoms with Crippen LogP contribution in [0.4, 0.5) is 0 Å². The monoisotopic (exact) mass is 243 g/mol. The predicted octanol–water partition coefficient (Wildman–Crippen LogP) is 2.89. The Bertz CT molecular complexity index is 80.5. The second-order valence-electron chi connectivity index (χ2n) is 2.40. The van der Waals surface area contributed by atoms with Crippen molar-refractivity contribution in [2.24, 2.45) is 5.73 Å². The van der Waals surface area contributed by atoms with Gasteiger partial charge in [0.05, 0.1) is 0 Å². The Morgan fingerprint density at radius 1 is 1.55 bits per heavy atom. The molecule has 0 aliphatic rings. The summed E-state index contributed by atoms with van der Waals surface area (Å²) in [6.45, 7) is 4.60. The second kappa shape index (κ2) is 13.5. The van der Waals surface area contributed by atoms with E-state index in [9.17, 15) is 0 Å². The molecule has 0 saturated heterocycles. The summed E-state index contributed by atoms with van der Waals surface area (Å²) < 4.78 is 0.194. The zero-order chi connectivity index (χ0) is 9.11. The van der Waals surface area contributed by atoms with Gasteiger partial charge >= 0.3 is 53.8 Å². The smallest absolute Gasteiger partial charge is 0.128 e. The van der Waals surface area contributed by atoms with Crippen LogP contribution in [0.1, 0.15) is 26.7 Å². The van der Waals surface area contributed by atoms with Crippen molar-refractivity contribution in [2.45, 2.75) is 36.7 Å². The van der Waals surface area contributed by atoms with E-state index in [4.69, 9.17) is 5.73 Å². The molecule has 0 fully saturated rings. The zero-order valence-corrected chi connectivity index (χ0v) is 12.1. The van der Waals surface area contributed by atoms with Crippen LogP contribution in [0, 0.1) is 0 Å². The summed E-state index contributed by atoms with van der Waals surface area (Å²) in [4.78, 5) is 0. The van der Waals surface area contributed by atoms with Crippen molar-refractivity contribution in [3.8, 4) is 0 Å². The van der Waals surface area contributed by atoms with Crippen molar-refractivity contribution in [1.82, 2.24) is 0 Å². The number of unbranched alkanes of at least 4 members (excludes halogenated alkanes) is 1. The van der Waals surface area contributed by atoms with Crippen molar-refractivity contribution in [3.63, 3.8) is 0 Å². The molecule has 64 valence electrons. The second-order valence-corrected chi connectivity index (χ2v) is 8.69. The first-order valence-corrected chi connectivity index (χ1v) is 9.18. The van der Waals surface area contributed by atoms with Gasteiger partial charge in [0.25, 0.3) is 0 Å². The van der Waals surface area contributed by atoms with Gasteiger partial charge in [-0.25, -0.2) is 0 Å². The number of thiocarbonyl (C=S) groups is 1. The average molecular weight is 245 g/mol. The van der Waals surface area contributed by atoms with Crippen LogP contribution in [0.3, 0.4) is 0 Å². The molecule has 0 aromatic rings. The van der Waals surface area contributed by atoms with E-state index in [1.165, 1.54) is 12.8 Å². The normalized spacial score (nSPS) is 7.55. The molecule has 1 nitrogen and oxygen atoms in total. The van der Waals surface area contributed by atoms with Crippen molar-refractivity contribution in [2.75, 3.05) is 0 Å². The third-order valence-electron chi connectivity index (χ3n) is 1.21. The standard InChI is InChI=1S/C4H9.C2H5.CH3NS2.Zn/c1-3-4-2;1-2;2-1(3)4;/h1,3-4H2,2H3;1H2,2H3;(H3,2,3,4);. The van der Waals surface area contributed by atoms with E-state index < -0.39 is 0 Å². The van der Waals surface area contributed by atoms with Crippen molar-refractivity contribution in [1.29, 1.82) is 0 Å². The van der Waals surface area contributed by atoms with Gasteiger partial charge in [-0.2, -0.15) is 0 Å². The minimum Gasteiger partial charge on any atom is -0.385 e. The van der Waals surface area contributed by atoms with Gasteiger partial charge in [0.15, 0.2) is 0 Å². The molecule has 0 amide bonds. The largest absolute Gasteiger partial charge is 0.385 e. The molecule has 0 aliphatic carbocycles. The molecule has 0 spiro atoms. The Kier molecular flexibility index (Phi) is 17.6. The fourth-order valence-electron chi connectivity index (χ4n) is 0.677. The Balaban J connectivity index is 0. The third kappa shape index (κ3) is 36.1. The third-order valence-corrected chi connectivity index (χ3v) is 4.79. The van der Waals surface area contributed by atoms with E-state index in [1.54, 1.807) is 10.0 Å². The molecule has 11 heavy (non-hydrogen) atoms. The summed E-state index contributed by atoms with van der Waals surface area (Å²) in [6.07, 6.45) is 2.92. The topological polar surface area (TPSA) is 26.0 Å². The molecule has 0 radical (unpaired) electrons. The number of nitrogens with two attached hydrogens (primary N) is 1. The van der Waals surface area contributed by atoms with Gasteiger partial charge in [-0.1, -0.05) is 12.2 Å². The minimum atomic E-state index is 0.0559. The molecule has 0 aromatic heterocycles. The Morgan fingerprint density at radius 2 is 2.00 bits per heavy atom. The quantitative estimate of drug-likeness (QED) is 0.344. The molecule has 0 aliphatic heterocycles. The van der Waals surface area contributed by atoms with Crippen LogP contribution in [0.15, 0.2) is 0 Å². The van der Waals surface area contributed by atoms with Crippen LogP contribution >= 0.6 is 24.8 Å². The Morgan fingerprint density at radius 3 is 2.27 bits per heavy atom. The maximum atomic E-state index is 4.71. The average Bonchev–Trinajstić information content (AvgIpc) is 1.88. The van der Waals surface area contributed by atoms with E-state index in [-0.39, 0.29) is 21.4 Å². The molecule has 0 rings (SSSR count). The molecule has 2 N–H and O–H groups in total.